The lowest BCUT2D eigenvalue weighted by Crippen LogP contribution is -2.19. The number of carbonyl (C=O) groups is 1. The van der Waals surface area contributed by atoms with Gasteiger partial charge in [0.1, 0.15) is 11.6 Å². The average molecular weight is 231 g/mol. The maximum absolute atomic E-state index is 13.4. The molecule has 0 spiro atoms. The predicted molar refractivity (Wildman–Crippen MR) is 56.4 cm³/mol. The Morgan fingerprint density at radius 3 is 2.60 bits per heavy atom. The first-order valence-electron chi connectivity index (χ1n) is 4.31. The van der Waals surface area contributed by atoms with Crippen LogP contribution in [0.2, 0.25) is 0 Å². The molecule has 2 nitrogen and oxygen atoms in total. The molecular formula is C10H11F2NOS. The van der Waals surface area contributed by atoms with Crippen molar-refractivity contribution in [3.63, 3.8) is 0 Å². The van der Waals surface area contributed by atoms with Gasteiger partial charge in [0.2, 0.25) is 0 Å². The molecule has 5 heteroatoms. The summed E-state index contributed by atoms with van der Waals surface area (Å²) in [6.07, 6.45) is 1.65. The summed E-state index contributed by atoms with van der Waals surface area (Å²) in [6.45, 7) is -0.00499. The largest absolute Gasteiger partial charge is 0.313 e. The molecule has 1 aromatic carbocycles. The Morgan fingerprint density at radius 1 is 1.40 bits per heavy atom. The first kappa shape index (κ1) is 12.1. The fourth-order valence-corrected chi connectivity index (χ4v) is 1.63. The second-order valence-electron chi connectivity index (χ2n) is 2.92. The van der Waals surface area contributed by atoms with Gasteiger partial charge in [-0.2, -0.15) is 0 Å². The fraction of sp³-hybridized carbons (Fsp3) is 0.300. The second-order valence-corrected chi connectivity index (χ2v) is 3.77. The molecule has 0 bridgehead atoms. The van der Waals surface area contributed by atoms with Crippen molar-refractivity contribution in [1.29, 1.82) is 0 Å². The molecule has 0 aliphatic carbocycles. The van der Waals surface area contributed by atoms with E-state index in [4.69, 9.17) is 0 Å². The molecule has 1 aromatic rings. The molecular weight excluding hydrogens is 220 g/mol. The minimum atomic E-state index is -0.680. The van der Waals surface area contributed by atoms with E-state index in [9.17, 15) is 13.6 Å². The maximum atomic E-state index is 13.4. The van der Waals surface area contributed by atoms with Gasteiger partial charge in [0, 0.05) is 4.90 Å². The van der Waals surface area contributed by atoms with Crippen LogP contribution >= 0.6 is 11.8 Å². The molecule has 0 aliphatic heterocycles. The molecule has 82 valence electrons. The van der Waals surface area contributed by atoms with Gasteiger partial charge in [-0.15, -0.1) is 11.8 Å². The van der Waals surface area contributed by atoms with Crippen molar-refractivity contribution in [2.24, 2.45) is 0 Å². The summed E-state index contributed by atoms with van der Waals surface area (Å²) in [7, 11) is 1.57. The number of Topliss-reactive ketones (excluding diaryl/α,β-unsaturated/α-hetero) is 1. The van der Waals surface area contributed by atoms with Gasteiger partial charge in [0.25, 0.3) is 0 Å². The van der Waals surface area contributed by atoms with Gasteiger partial charge < -0.3 is 5.32 Å². The summed E-state index contributed by atoms with van der Waals surface area (Å²) in [6, 6.07) is 1.99. The molecule has 15 heavy (non-hydrogen) atoms. The van der Waals surface area contributed by atoms with Crippen LogP contribution in [-0.4, -0.2) is 25.6 Å². The Kier molecular flexibility index (Phi) is 4.23. The van der Waals surface area contributed by atoms with Gasteiger partial charge in [-0.3, -0.25) is 4.79 Å². The van der Waals surface area contributed by atoms with E-state index in [1.165, 1.54) is 0 Å². The van der Waals surface area contributed by atoms with Gasteiger partial charge in [-0.05, 0) is 25.4 Å². The smallest absolute Gasteiger partial charge is 0.179 e. The second kappa shape index (κ2) is 5.23. The molecule has 0 aliphatic rings. The Bertz CT molecular complexity index is 382. The van der Waals surface area contributed by atoms with Crippen molar-refractivity contribution in [2.75, 3.05) is 19.8 Å². The molecule has 0 saturated carbocycles. The average Bonchev–Trinajstić information content (AvgIpc) is 2.21. The molecule has 0 heterocycles. The van der Waals surface area contributed by atoms with E-state index in [0.29, 0.717) is 0 Å². The molecule has 0 amide bonds. The van der Waals surface area contributed by atoms with Crippen molar-refractivity contribution >= 4 is 17.5 Å². The standard InChI is InChI=1S/C10H11F2NOS/c1-13-5-9(14)6-3-8(12)10(15-2)4-7(6)11/h3-4,13H,5H2,1-2H3. The van der Waals surface area contributed by atoms with E-state index in [1.54, 1.807) is 13.3 Å². The SMILES string of the molecule is CNCC(=O)c1cc(F)c(SC)cc1F. The van der Waals surface area contributed by atoms with E-state index in [1.807, 2.05) is 0 Å². The molecule has 0 saturated heterocycles. The van der Waals surface area contributed by atoms with Crippen LogP contribution in [0.1, 0.15) is 10.4 Å². The zero-order valence-electron chi connectivity index (χ0n) is 8.43. The number of nitrogens with one attached hydrogen (secondary N) is 1. The summed E-state index contributed by atoms with van der Waals surface area (Å²) in [5.74, 6) is -1.70. The van der Waals surface area contributed by atoms with Crippen molar-refractivity contribution in [2.45, 2.75) is 4.90 Å². The minimum absolute atomic E-state index is 0.00499. The number of thioether (sulfide) groups is 1. The summed E-state index contributed by atoms with van der Waals surface area (Å²) in [5, 5.41) is 2.60. The Balaban J connectivity index is 3.10. The lowest BCUT2D eigenvalue weighted by atomic mass is 10.1. The number of halogens is 2. The van der Waals surface area contributed by atoms with E-state index in [-0.39, 0.29) is 17.0 Å². The number of rotatable bonds is 4. The van der Waals surface area contributed by atoms with Crippen molar-refractivity contribution in [3.05, 3.63) is 29.3 Å². The maximum Gasteiger partial charge on any atom is 0.179 e. The molecule has 0 atom stereocenters. The number of benzene rings is 1. The third kappa shape index (κ3) is 2.76. The number of carbonyl (C=O) groups excluding carboxylic acids is 1. The zero-order valence-corrected chi connectivity index (χ0v) is 9.25. The van der Waals surface area contributed by atoms with Crippen LogP contribution in [0.3, 0.4) is 0 Å². The summed E-state index contributed by atoms with van der Waals surface area (Å²) in [5.41, 5.74) is -0.209. The third-order valence-electron chi connectivity index (χ3n) is 1.88. The van der Waals surface area contributed by atoms with E-state index in [0.717, 1.165) is 23.9 Å². The van der Waals surface area contributed by atoms with E-state index in [2.05, 4.69) is 5.32 Å². The number of ketones is 1. The quantitative estimate of drug-likeness (QED) is 0.635. The topological polar surface area (TPSA) is 29.1 Å². The molecule has 1 rings (SSSR count). The van der Waals surface area contributed by atoms with Gasteiger partial charge >= 0.3 is 0 Å². The normalized spacial score (nSPS) is 10.4. The summed E-state index contributed by atoms with van der Waals surface area (Å²) >= 11 is 1.10. The Hall–Kier alpha value is -0.940. The third-order valence-corrected chi connectivity index (χ3v) is 2.63. The van der Waals surface area contributed by atoms with Gasteiger partial charge in [0.05, 0.1) is 12.1 Å². The number of hydrogen-bond acceptors (Lipinski definition) is 3. The first-order chi connectivity index (χ1) is 7.10. The highest BCUT2D eigenvalue weighted by Crippen LogP contribution is 2.22. The molecule has 1 N–H and O–H groups in total. The van der Waals surface area contributed by atoms with Crippen molar-refractivity contribution < 1.29 is 13.6 Å². The first-order valence-corrected chi connectivity index (χ1v) is 5.53. The fourth-order valence-electron chi connectivity index (χ4n) is 1.15. The molecule has 0 aromatic heterocycles. The Labute approximate surface area is 91.1 Å². The summed E-state index contributed by atoms with van der Waals surface area (Å²) in [4.78, 5) is 11.5. The highest BCUT2D eigenvalue weighted by atomic mass is 32.2. The van der Waals surface area contributed by atoms with Crippen LogP contribution in [0, 0.1) is 11.6 Å². The van der Waals surface area contributed by atoms with Crippen molar-refractivity contribution in [1.82, 2.24) is 5.32 Å². The van der Waals surface area contributed by atoms with E-state index >= 15 is 0 Å². The van der Waals surface area contributed by atoms with Crippen LogP contribution in [0.15, 0.2) is 17.0 Å². The highest BCUT2D eigenvalue weighted by Gasteiger charge is 2.14. The van der Waals surface area contributed by atoms with Crippen LogP contribution in [0.4, 0.5) is 8.78 Å². The lowest BCUT2D eigenvalue weighted by molar-refractivity contribution is 0.0989. The van der Waals surface area contributed by atoms with Crippen LogP contribution in [0.5, 0.6) is 0 Å². The van der Waals surface area contributed by atoms with Crippen LogP contribution in [0.25, 0.3) is 0 Å². The molecule has 0 radical (unpaired) electrons. The van der Waals surface area contributed by atoms with E-state index < -0.39 is 17.4 Å². The van der Waals surface area contributed by atoms with Crippen LogP contribution in [-0.2, 0) is 0 Å². The minimum Gasteiger partial charge on any atom is -0.313 e. The van der Waals surface area contributed by atoms with Crippen LogP contribution < -0.4 is 5.32 Å². The van der Waals surface area contributed by atoms with Crippen molar-refractivity contribution in [3.8, 4) is 0 Å². The van der Waals surface area contributed by atoms with Gasteiger partial charge in [0.15, 0.2) is 5.78 Å². The summed E-state index contributed by atoms with van der Waals surface area (Å²) < 4.78 is 26.6. The lowest BCUT2D eigenvalue weighted by Gasteiger charge is -2.05. The van der Waals surface area contributed by atoms with Gasteiger partial charge in [-0.1, -0.05) is 0 Å². The Morgan fingerprint density at radius 2 is 2.07 bits per heavy atom. The monoisotopic (exact) mass is 231 g/mol. The van der Waals surface area contributed by atoms with Gasteiger partial charge in [-0.25, -0.2) is 8.78 Å². The molecule has 0 fully saturated rings. The zero-order chi connectivity index (χ0) is 11.4. The highest BCUT2D eigenvalue weighted by molar-refractivity contribution is 7.98. The predicted octanol–water partition coefficient (Wildman–Crippen LogP) is 2.09. The number of hydrogen-bond donors (Lipinski definition) is 1. The number of likely N-dealkylation sites (N-methyl/N-ethyl adjacent to an activating group) is 1. The molecule has 0 unspecified atom stereocenters.